The Hall–Kier alpha value is -1.06. The Morgan fingerprint density at radius 1 is 1.29 bits per heavy atom. The van der Waals surface area contributed by atoms with Crippen molar-refractivity contribution in [1.82, 2.24) is 0 Å². The Balaban J connectivity index is 2.75. The van der Waals surface area contributed by atoms with Crippen LogP contribution >= 0.6 is 0 Å². The zero-order chi connectivity index (χ0) is 10.8. The van der Waals surface area contributed by atoms with Crippen molar-refractivity contribution in [2.24, 2.45) is 11.3 Å². The first-order chi connectivity index (χ1) is 6.63. The van der Waals surface area contributed by atoms with Crippen LogP contribution in [0.5, 0.6) is 0 Å². The minimum atomic E-state index is -0.987. The first kappa shape index (κ1) is 11.0. The SMILES string of the molecule is CCCC1CC1(C(=O)OC)C(=O)OC. The molecule has 1 fully saturated rings. The van der Waals surface area contributed by atoms with Crippen LogP contribution in [0.1, 0.15) is 26.2 Å². The molecule has 1 aliphatic rings. The van der Waals surface area contributed by atoms with Crippen LogP contribution < -0.4 is 0 Å². The summed E-state index contributed by atoms with van der Waals surface area (Å²) in [6.45, 7) is 2.03. The first-order valence-electron chi connectivity index (χ1n) is 4.80. The van der Waals surface area contributed by atoms with Gasteiger partial charge in [0.25, 0.3) is 0 Å². The molecule has 1 unspecified atom stereocenters. The number of methoxy groups -OCH3 is 2. The fourth-order valence-corrected chi connectivity index (χ4v) is 1.97. The summed E-state index contributed by atoms with van der Waals surface area (Å²) < 4.78 is 9.27. The number of carbonyl (C=O) groups excluding carboxylic acids is 2. The fourth-order valence-electron chi connectivity index (χ4n) is 1.97. The van der Waals surface area contributed by atoms with Gasteiger partial charge in [-0.1, -0.05) is 13.3 Å². The molecule has 0 aromatic heterocycles. The summed E-state index contributed by atoms with van der Waals surface area (Å²) in [5.41, 5.74) is -0.987. The maximum atomic E-state index is 11.5. The second-order valence-corrected chi connectivity index (χ2v) is 3.64. The van der Waals surface area contributed by atoms with Crippen molar-refractivity contribution in [3.63, 3.8) is 0 Å². The van der Waals surface area contributed by atoms with E-state index in [1.807, 2.05) is 6.92 Å². The van der Waals surface area contributed by atoms with Crippen molar-refractivity contribution >= 4 is 11.9 Å². The average Bonchev–Trinajstić information content (AvgIpc) is 2.92. The van der Waals surface area contributed by atoms with Crippen LogP contribution in [0, 0.1) is 11.3 Å². The van der Waals surface area contributed by atoms with Crippen molar-refractivity contribution < 1.29 is 19.1 Å². The van der Waals surface area contributed by atoms with E-state index in [2.05, 4.69) is 9.47 Å². The minimum Gasteiger partial charge on any atom is -0.468 e. The van der Waals surface area contributed by atoms with E-state index < -0.39 is 17.4 Å². The van der Waals surface area contributed by atoms with Gasteiger partial charge in [-0.05, 0) is 18.8 Å². The van der Waals surface area contributed by atoms with Crippen LogP contribution in [0.2, 0.25) is 0 Å². The van der Waals surface area contributed by atoms with Crippen molar-refractivity contribution in [3.8, 4) is 0 Å². The Morgan fingerprint density at radius 2 is 1.79 bits per heavy atom. The standard InChI is InChI=1S/C10H16O4/c1-4-5-7-6-10(7,8(11)13-2)9(12)14-3/h7H,4-6H2,1-3H3. The maximum Gasteiger partial charge on any atom is 0.323 e. The number of carbonyl (C=O) groups is 2. The van der Waals surface area contributed by atoms with Gasteiger partial charge < -0.3 is 9.47 Å². The molecule has 4 heteroatoms. The summed E-state index contributed by atoms with van der Waals surface area (Å²) in [6, 6.07) is 0. The second-order valence-electron chi connectivity index (χ2n) is 3.64. The Kier molecular flexibility index (Phi) is 3.13. The molecule has 0 amide bonds. The van der Waals surface area contributed by atoms with Crippen LogP contribution in [0.25, 0.3) is 0 Å². The molecule has 0 spiro atoms. The van der Waals surface area contributed by atoms with Crippen molar-refractivity contribution in [3.05, 3.63) is 0 Å². The van der Waals surface area contributed by atoms with Gasteiger partial charge in [0.1, 0.15) is 0 Å². The van der Waals surface area contributed by atoms with E-state index in [0.717, 1.165) is 12.8 Å². The van der Waals surface area contributed by atoms with Gasteiger partial charge in [0.15, 0.2) is 5.41 Å². The molecule has 1 aliphatic carbocycles. The van der Waals surface area contributed by atoms with Gasteiger partial charge in [0, 0.05) is 0 Å². The first-order valence-corrected chi connectivity index (χ1v) is 4.80. The Labute approximate surface area is 83.6 Å². The van der Waals surface area contributed by atoms with Crippen molar-refractivity contribution in [1.29, 1.82) is 0 Å². The number of hydrogen-bond acceptors (Lipinski definition) is 4. The highest BCUT2D eigenvalue weighted by molar-refractivity contribution is 6.03. The van der Waals surface area contributed by atoms with Gasteiger partial charge in [-0.25, -0.2) is 0 Å². The Morgan fingerprint density at radius 3 is 2.14 bits per heavy atom. The van der Waals surface area contributed by atoms with Crippen LogP contribution in [0.3, 0.4) is 0 Å². The number of ether oxygens (including phenoxy) is 2. The number of rotatable bonds is 4. The van der Waals surface area contributed by atoms with E-state index in [9.17, 15) is 9.59 Å². The predicted molar refractivity (Wildman–Crippen MR) is 49.5 cm³/mol. The molecule has 4 nitrogen and oxygen atoms in total. The molecular formula is C10H16O4. The van der Waals surface area contributed by atoms with E-state index in [0.29, 0.717) is 6.42 Å². The molecule has 0 radical (unpaired) electrons. The van der Waals surface area contributed by atoms with Gasteiger partial charge in [-0.2, -0.15) is 0 Å². The highest BCUT2D eigenvalue weighted by Crippen LogP contribution is 2.56. The maximum absolute atomic E-state index is 11.5. The molecule has 1 atom stereocenters. The average molecular weight is 200 g/mol. The van der Waals surface area contributed by atoms with Crippen molar-refractivity contribution in [2.75, 3.05) is 14.2 Å². The molecule has 0 aliphatic heterocycles. The minimum absolute atomic E-state index is 0.104. The summed E-state index contributed by atoms with van der Waals surface area (Å²) >= 11 is 0. The lowest BCUT2D eigenvalue weighted by atomic mass is 10.0. The summed E-state index contributed by atoms with van der Waals surface area (Å²) in [4.78, 5) is 22.9. The third kappa shape index (κ3) is 1.49. The lowest BCUT2D eigenvalue weighted by Crippen LogP contribution is -2.30. The summed E-state index contributed by atoms with van der Waals surface area (Å²) in [5.74, 6) is -0.807. The summed E-state index contributed by atoms with van der Waals surface area (Å²) in [7, 11) is 2.60. The van der Waals surface area contributed by atoms with Gasteiger partial charge in [0.05, 0.1) is 14.2 Å². The van der Waals surface area contributed by atoms with Crippen LogP contribution in [0.15, 0.2) is 0 Å². The lowest BCUT2D eigenvalue weighted by molar-refractivity contribution is -0.162. The fraction of sp³-hybridized carbons (Fsp3) is 0.800. The molecule has 0 aromatic rings. The molecule has 1 rings (SSSR count). The van der Waals surface area contributed by atoms with E-state index in [-0.39, 0.29) is 5.92 Å². The number of hydrogen-bond donors (Lipinski definition) is 0. The van der Waals surface area contributed by atoms with Crippen molar-refractivity contribution in [2.45, 2.75) is 26.2 Å². The highest BCUT2D eigenvalue weighted by atomic mass is 16.5. The smallest absolute Gasteiger partial charge is 0.323 e. The molecule has 0 N–H and O–H groups in total. The summed E-state index contributed by atoms with van der Waals surface area (Å²) in [5, 5.41) is 0. The van der Waals surface area contributed by atoms with E-state index in [1.54, 1.807) is 0 Å². The third-order valence-corrected chi connectivity index (χ3v) is 2.84. The molecule has 0 heterocycles. The number of esters is 2. The van der Waals surface area contributed by atoms with E-state index >= 15 is 0 Å². The van der Waals surface area contributed by atoms with E-state index in [1.165, 1.54) is 14.2 Å². The monoisotopic (exact) mass is 200 g/mol. The quantitative estimate of drug-likeness (QED) is 0.504. The van der Waals surface area contributed by atoms with E-state index in [4.69, 9.17) is 0 Å². The molecule has 0 bridgehead atoms. The predicted octanol–water partition coefficient (Wildman–Crippen LogP) is 1.14. The summed E-state index contributed by atoms with van der Waals surface area (Å²) in [6.07, 6.45) is 2.39. The zero-order valence-electron chi connectivity index (χ0n) is 8.83. The van der Waals surface area contributed by atoms with Crippen LogP contribution in [-0.4, -0.2) is 26.2 Å². The molecular weight excluding hydrogens is 184 g/mol. The van der Waals surface area contributed by atoms with Gasteiger partial charge in [-0.15, -0.1) is 0 Å². The topological polar surface area (TPSA) is 52.6 Å². The normalized spacial score (nSPS) is 22.6. The molecule has 80 valence electrons. The third-order valence-electron chi connectivity index (χ3n) is 2.84. The van der Waals surface area contributed by atoms with Gasteiger partial charge in [-0.3, -0.25) is 9.59 Å². The Bertz CT molecular complexity index is 231. The second kappa shape index (κ2) is 3.98. The van der Waals surface area contributed by atoms with Crippen LogP contribution in [-0.2, 0) is 19.1 Å². The lowest BCUT2D eigenvalue weighted by Gasteiger charge is -2.11. The van der Waals surface area contributed by atoms with Gasteiger partial charge in [0.2, 0.25) is 0 Å². The molecule has 14 heavy (non-hydrogen) atoms. The molecule has 0 aromatic carbocycles. The van der Waals surface area contributed by atoms with Crippen LogP contribution in [0.4, 0.5) is 0 Å². The largest absolute Gasteiger partial charge is 0.468 e. The molecule has 1 saturated carbocycles. The highest BCUT2D eigenvalue weighted by Gasteiger charge is 2.67. The van der Waals surface area contributed by atoms with Gasteiger partial charge >= 0.3 is 11.9 Å². The molecule has 0 saturated heterocycles. The zero-order valence-corrected chi connectivity index (χ0v) is 8.83.